The number of nitrogens with zero attached hydrogens (tertiary/aromatic N) is 3. The monoisotopic (exact) mass is 372 g/mol. The van der Waals surface area contributed by atoms with E-state index >= 15 is 0 Å². The predicted octanol–water partition coefficient (Wildman–Crippen LogP) is 4.09. The van der Waals surface area contributed by atoms with Gasteiger partial charge in [-0.15, -0.1) is 0 Å². The van der Waals surface area contributed by atoms with Crippen LogP contribution in [0.25, 0.3) is 17.3 Å². The van der Waals surface area contributed by atoms with Gasteiger partial charge in [0.05, 0.1) is 6.54 Å². The fraction of sp³-hybridized carbons (Fsp3) is 0.174. The van der Waals surface area contributed by atoms with Crippen molar-refractivity contribution in [1.82, 2.24) is 20.1 Å². The zero-order valence-corrected chi connectivity index (χ0v) is 16.0. The summed E-state index contributed by atoms with van der Waals surface area (Å²) >= 11 is 0. The summed E-state index contributed by atoms with van der Waals surface area (Å²) < 4.78 is 1.89. The van der Waals surface area contributed by atoms with Crippen LogP contribution in [0.5, 0.6) is 0 Å². The molecular formula is C23H24N4O. The first-order valence-corrected chi connectivity index (χ1v) is 9.35. The number of allylic oxidation sites excluding steroid dienone is 1. The maximum atomic E-state index is 12.1. The fourth-order valence-corrected chi connectivity index (χ4v) is 2.81. The second-order valence-corrected chi connectivity index (χ2v) is 6.34. The van der Waals surface area contributed by atoms with Crippen LogP contribution < -0.4 is 5.32 Å². The lowest BCUT2D eigenvalue weighted by atomic mass is 10.1. The largest absolute Gasteiger partial charge is 0.352 e. The van der Waals surface area contributed by atoms with Crippen LogP contribution in [0.15, 0.2) is 79.3 Å². The quantitative estimate of drug-likeness (QED) is 0.368. The molecule has 1 amide bonds. The van der Waals surface area contributed by atoms with E-state index in [4.69, 9.17) is 5.10 Å². The van der Waals surface area contributed by atoms with E-state index in [1.165, 1.54) is 5.56 Å². The summed E-state index contributed by atoms with van der Waals surface area (Å²) in [4.78, 5) is 16.3. The molecule has 142 valence electrons. The Hall–Kier alpha value is -3.47. The topological polar surface area (TPSA) is 59.8 Å². The zero-order valence-electron chi connectivity index (χ0n) is 16.0. The van der Waals surface area contributed by atoms with Gasteiger partial charge < -0.3 is 5.32 Å². The van der Waals surface area contributed by atoms with Gasteiger partial charge in [0, 0.05) is 42.3 Å². The minimum atomic E-state index is -0.113. The van der Waals surface area contributed by atoms with Crippen LogP contribution in [0.3, 0.4) is 0 Å². The number of aromatic nitrogens is 3. The minimum absolute atomic E-state index is 0.113. The van der Waals surface area contributed by atoms with Crippen molar-refractivity contribution in [2.75, 3.05) is 6.54 Å². The van der Waals surface area contributed by atoms with Crippen LogP contribution in [0.1, 0.15) is 24.5 Å². The van der Waals surface area contributed by atoms with Gasteiger partial charge in [-0.25, -0.2) is 0 Å². The smallest absolute Gasteiger partial charge is 0.244 e. The summed E-state index contributed by atoms with van der Waals surface area (Å²) in [5.74, 6) is -0.113. The molecular weight excluding hydrogens is 348 g/mol. The standard InChI is InChI=1S/C23H24N4O/c1-2-3-7-15-25-22(28)13-12-21-18-27(17-19-9-5-4-6-10-19)26-23(21)20-11-8-14-24-16-20/h2-6,8-14,16,18H,7,15,17H2,1H3,(H,25,28). The second kappa shape index (κ2) is 10.0. The van der Waals surface area contributed by atoms with Crippen molar-refractivity contribution >= 4 is 12.0 Å². The van der Waals surface area contributed by atoms with Crippen molar-refractivity contribution < 1.29 is 4.79 Å². The number of hydrogen-bond acceptors (Lipinski definition) is 3. The van der Waals surface area contributed by atoms with E-state index in [0.29, 0.717) is 13.1 Å². The number of carbonyl (C=O) groups is 1. The molecule has 1 aromatic carbocycles. The number of hydrogen-bond donors (Lipinski definition) is 1. The highest BCUT2D eigenvalue weighted by Gasteiger charge is 2.10. The first-order chi connectivity index (χ1) is 13.8. The molecule has 5 nitrogen and oxygen atoms in total. The number of rotatable bonds is 8. The Morgan fingerprint density at radius 1 is 1.18 bits per heavy atom. The molecule has 3 rings (SSSR count). The van der Waals surface area contributed by atoms with E-state index in [2.05, 4.69) is 22.4 Å². The molecule has 0 unspecified atom stereocenters. The Kier molecular flexibility index (Phi) is 6.90. The molecule has 0 saturated carbocycles. The predicted molar refractivity (Wildman–Crippen MR) is 112 cm³/mol. The molecule has 0 bridgehead atoms. The summed E-state index contributed by atoms with van der Waals surface area (Å²) in [6, 6.07) is 14.0. The van der Waals surface area contributed by atoms with E-state index < -0.39 is 0 Å². The van der Waals surface area contributed by atoms with Crippen LogP contribution in [-0.4, -0.2) is 27.2 Å². The molecule has 1 N–H and O–H groups in total. The summed E-state index contributed by atoms with van der Waals surface area (Å²) in [5, 5.41) is 7.60. The van der Waals surface area contributed by atoms with E-state index in [-0.39, 0.29) is 5.91 Å². The van der Waals surface area contributed by atoms with Crippen LogP contribution in [-0.2, 0) is 11.3 Å². The Labute approximate surface area is 165 Å². The third kappa shape index (κ3) is 5.51. The molecule has 0 aliphatic rings. The molecule has 0 aliphatic heterocycles. The minimum Gasteiger partial charge on any atom is -0.352 e. The van der Waals surface area contributed by atoms with Gasteiger partial charge in [0.15, 0.2) is 0 Å². The van der Waals surface area contributed by atoms with Gasteiger partial charge in [-0.3, -0.25) is 14.5 Å². The first-order valence-electron chi connectivity index (χ1n) is 9.35. The molecule has 0 atom stereocenters. The maximum absolute atomic E-state index is 12.1. The van der Waals surface area contributed by atoms with Gasteiger partial charge >= 0.3 is 0 Å². The van der Waals surface area contributed by atoms with Crippen LogP contribution in [0, 0.1) is 0 Å². The second-order valence-electron chi connectivity index (χ2n) is 6.34. The lowest BCUT2D eigenvalue weighted by Gasteiger charge is -2.01. The molecule has 28 heavy (non-hydrogen) atoms. The fourth-order valence-electron chi connectivity index (χ4n) is 2.81. The zero-order chi connectivity index (χ0) is 19.6. The highest BCUT2D eigenvalue weighted by atomic mass is 16.1. The molecule has 2 aromatic heterocycles. The van der Waals surface area contributed by atoms with Crippen LogP contribution in [0.2, 0.25) is 0 Å². The molecule has 2 heterocycles. The van der Waals surface area contributed by atoms with Gasteiger partial charge in [-0.1, -0.05) is 42.5 Å². The Morgan fingerprint density at radius 2 is 2.04 bits per heavy atom. The molecule has 0 aliphatic carbocycles. The Morgan fingerprint density at radius 3 is 2.79 bits per heavy atom. The van der Waals surface area contributed by atoms with Gasteiger partial charge in [-0.2, -0.15) is 5.10 Å². The molecule has 5 heteroatoms. The van der Waals surface area contributed by atoms with Crippen LogP contribution >= 0.6 is 0 Å². The van der Waals surface area contributed by atoms with Crippen molar-refractivity contribution in [2.24, 2.45) is 0 Å². The summed E-state index contributed by atoms with van der Waals surface area (Å²) in [5.41, 5.74) is 3.77. The van der Waals surface area contributed by atoms with Crippen molar-refractivity contribution in [3.05, 3.63) is 90.4 Å². The Bertz CT molecular complexity index is 943. The van der Waals surface area contributed by atoms with Gasteiger partial charge in [0.25, 0.3) is 0 Å². The number of amides is 1. The lowest BCUT2D eigenvalue weighted by molar-refractivity contribution is -0.116. The SMILES string of the molecule is CC=CCCNC(=O)C=Cc1cn(Cc2ccccc2)nc1-c1cccnc1. The highest BCUT2D eigenvalue weighted by molar-refractivity contribution is 5.92. The molecule has 0 radical (unpaired) electrons. The molecule has 0 fully saturated rings. The third-order valence-electron chi connectivity index (χ3n) is 4.17. The molecule has 3 aromatic rings. The summed E-state index contributed by atoms with van der Waals surface area (Å²) in [6.45, 7) is 3.25. The van der Waals surface area contributed by atoms with Crippen molar-refractivity contribution in [3.63, 3.8) is 0 Å². The van der Waals surface area contributed by atoms with Gasteiger partial charge in [0.1, 0.15) is 5.69 Å². The normalized spacial score (nSPS) is 11.3. The summed E-state index contributed by atoms with van der Waals surface area (Å²) in [6.07, 6.45) is 13.7. The number of benzene rings is 1. The van der Waals surface area contributed by atoms with E-state index in [1.54, 1.807) is 18.5 Å². The number of nitrogens with one attached hydrogen (secondary N) is 1. The first kappa shape index (κ1) is 19.3. The van der Waals surface area contributed by atoms with Crippen molar-refractivity contribution in [3.8, 4) is 11.3 Å². The van der Waals surface area contributed by atoms with Crippen molar-refractivity contribution in [1.29, 1.82) is 0 Å². The number of carbonyl (C=O) groups excluding carboxylic acids is 1. The van der Waals surface area contributed by atoms with E-state index in [0.717, 1.165) is 23.2 Å². The Balaban J connectivity index is 1.80. The average molecular weight is 372 g/mol. The van der Waals surface area contributed by atoms with Crippen LogP contribution in [0.4, 0.5) is 0 Å². The maximum Gasteiger partial charge on any atom is 0.244 e. The molecule has 0 spiro atoms. The van der Waals surface area contributed by atoms with E-state index in [1.807, 2.05) is 66.4 Å². The lowest BCUT2D eigenvalue weighted by Crippen LogP contribution is -2.21. The van der Waals surface area contributed by atoms with Crippen molar-refractivity contribution in [2.45, 2.75) is 19.9 Å². The third-order valence-corrected chi connectivity index (χ3v) is 4.17. The van der Waals surface area contributed by atoms with E-state index in [9.17, 15) is 4.79 Å². The average Bonchev–Trinajstić information content (AvgIpc) is 3.14. The summed E-state index contributed by atoms with van der Waals surface area (Å²) in [7, 11) is 0. The molecule has 0 saturated heterocycles. The van der Waals surface area contributed by atoms with Gasteiger partial charge in [-0.05, 0) is 37.1 Å². The highest BCUT2D eigenvalue weighted by Crippen LogP contribution is 2.22. The number of pyridine rings is 1. The van der Waals surface area contributed by atoms with Gasteiger partial charge in [0.2, 0.25) is 5.91 Å².